The molecular weight excluding hydrogens is 188 g/mol. The van der Waals surface area contributed by atoms with Gasteiger partial charge in [0.05, 0.1) is 11.5 Å². The van der Waals surface area contributed by atoms with Crippen LogP contribution in [0.2, 0.25) is 0 Å². The molecule has 0 aromatic carbocycles. The number of piperidine rings is 1. The molecule has 0 radical (unpaired) electrons. The van der Waals surface area contributed by atoms with Gasteiger partial charge in [-0.2, -0.15) is 5.26 Å². The third-order valence-electron chi connectivity index (χ3n) is 3.22. The number of nitriles is 1. The van der Waals surface area contributed by atoms with Crippen LogP contribution in [0, 0.1) is 22.7 Å². The molecule has 1 saturated heterocycles. The van der Waals surface area contributed by atoms with Crippen molar-refractivity contribution in [1.82, 2.24) is 4.90 Å². The summed E-state index contributed by atoms with van der Waals surface area (Å²) in [4.78, 5) is 2.38. The maximum atomic E-state index is 9.10. The van der Waals surface area contributed by atoms with Crippen LogP contribution >= 0.6 is 0 Å². The summed E-state index contributed by atoms with van der Waals surface area (Å²) in [6.45, 7) is 7.38. The molecule has 0 aliphatic carbocycles. The molecule has 1 heterocycles. The summed E-state index contributed by atoms with van der Waals surface area (Å²) in [5, 5.41) is 18.0. The van der Waals surface area contributed by atoms with E-state index in [1.165, 1.54) is 6.42 Å². The molecule has 0 aromatic rings. The second-order valence-electron chi connectivity index (χ2n) is 5.24. The molecule has 1 unspecified atom stereocenters. The Morgan fingerprint density at radius 3 is 2.87 bits per heavy atom. The van der Waals surface area contributed by atoms with Crippen molar-refractivity contribution >= 4 is 0 Å². The molecule has 0 saturated carbocycles. The molecule has 1 fully saturated rings. The highest BCUT2D eigenvalue weighted by Gasteiger charge is 2.22. The molecule has 0 amide bonds. The number of rotatable bonds is 4. The first kappa shape index (κ1) is 12.5. The van der Waals surface area contributed by atoms with Crippen molar-refractivity contribution < 1.29 is 5.11 Å². The Morgan fingerprint density at radius 2 is 2.27 bits per heavy atom. The zero-order valence-electron chi connectivity index (χ0n) is 9.87. The minimum Gasteiger partial charge on any atom is -0.396 e. The Kier molecular flexibility index (Phi) is 4.56. The number of hydrogen-bond donors (Lipinski definition) is 1. The van der Waals surface area contributed by atoms with Gasteiger partial charge in [-0.3, -0.25) is 0 Å². The molecule has 1 N–H and O–H groups in total. The van der Waals surface area contributed by atoms with Crippen LogP contribution in [0.25, 0.3) is 0 Å². The molecule has 1 atom stereocenters. The number of hydrogen-bond acceptors (Lipinski definition) is 3. The Hall–Kier alpha value is -0.590. The van der Waals surface area contributed by atoms with E-state index in [0.717, 1.165) is 32.5 Å². The lowest BCUT2D eigenvalue weighted by atomic mass is 9.90. The van der Waals surface area contributed by atoms with E-state index in [2.05, 4.69) is 11.0 Å². The van der Waals surface area contributed by atoms with Gasteiger partial charge in [-0.05, 0) is 52.1 Å². The van der Waals surface area contributed by atoms with Crippen LogP contribution in [-0.4, -0.2) is 36.2 Å². The molecule has 0 aromatic heterocycles. The molecule has 1 aliphatic rings. The van der Waals surface area contributed by atoms with E-state index in [9.17, 15) is 0 Å². The summed E-state index contributed by atoms with van der Waals surface area (Å²) < 4.78 is 0. The van der Waals surface area contributed by atoms with Gasteiger partial charge in [0.15, 0.2) is 0 Å². The van der Waals surface area contributed by atoms with Gasteiger partial charge in [-0.25, -0.2) is 0 Å². The zero-order chi connectivity index (χ0) is 11.3. The first-order chi connectivity index (χ1) is 7.07. The molecule has 1 rings (SSSR count). The fourth-order valence-corrected chi connectivity index (χ4v) is 2.00. The first-order valence-electron chi connectivity index (χ1n) is 5.82. The lowest BCUT2D eigenvalue weighted by Crippen LogP contribution is -2.38. The van der Waals surface area contributed by atoms with Crippen molar-refractivity contribution in [2.75, 3.05) is 26.2 Å². The van der Waals surface area contributed by atoms with E-state index in [1.54, 1.807) is 0 Å². The topological polar surface area (TPSA) is 47.3 Å². The van der Waals surface area contributed by atoms with Crippen LogP contribution < -0.4 is 0 Å². The Balaban J connectivity index is 2.30. The highest BCUT2D eigenvalue weighted by molar-refractivity contribution is 4.92. The van der Waals surface area contributed by atoms with Crippen LogP contribution in [-0.2, 0) is 0 Å². The summed E-state index contributed by atoms with van der Waals surface area (Å²) in [5.74, 6) is 0.448. The quantitative estimate of drug-likeness (QED) is 0.767. The van der Waals surface area contributed by atoms with Crippen molar-refractivity contribution in [2.24, 2.45) is 11.3 Å². The van der Waals surface area contributed by atoms with Gasteiger partial charge in [0.1, 0.15) is 0 Å². The van der Waals surface area contributed by atoms with Gasteiger partial charge in [-0.15, -0.1) is 0 Å². The molecule has 86 valence electrons. The minimum atomic E-state index is -0.216. The molecule has 3 nitrogen and oxygen atoms in total. The maximum Gasteiger partial charge on any atom is 0.0684 e. The average Bonchev–Trinajstić information content (AvgIpc) is 2.27. The second-order valence-corrected chi connectivity index (χ2v) is 5.24. The van der Waals surface area contributed by atoms with E-state index in [-0.39, 0.29) is 5.41 Å². The molecular formula is C12H22N2O. The minimum absolute atomic E-state index is 0.216. The SMILES string of the molecule is CC(C)(C#N)CCN1CCCC(CO)C1. The average molecular weight is 210 g/mol. The van der Waals surface area contributed by atoms with Crippen molar-refractivity contribution in [3.8, 4) is 6.07 Å². The summed E-state index contributed by atoms with van der Waals surface area (Å²) in [5.41, 5.74) is -0.216. The summed E-state index contributed by atoms with van der Waals surface area (Å²) in [7, 11) is 0. The van der Waals surface area contributed by atoms with Crippen molar-refractivity contribution in [2.45, 2.75) is 33.1 Å². The van der Waals surface area contributed by atoms with Gasteiger partial charge in [0.25, 0.3) is 0 Å². The lowest BCUT2D eigenvalue weighted by Gasteiger charge is -2.33. The molecule has 3 heteroatoms. The molecule has 0 bridgehead atoms. The van der Waals surface area contributed by atoms with Gasteiger partial charge < -0.3 is 10.0 Å². The molecule has 0 spiro atoms. The first-order valence-corrected chi connectivity index (χ1v) is 5.82. The Labute approximate surface area is 92.7 Å². The maximum absolute atomic E-state index is 9.10. The van der Waals surface area contributed by atoms with Crippen LogP contribution in [0.4, 0.5) is 0 Å². The third-order valence-corrected chi connectivity index (χ3v) is 3.22. The number of nitrogens with zero attached hydrogens (tertiary/aromatic N) is 2. The largest absolute Gasteiger partial charge is 0.396 e. The van der Waals surface area contributed by atoms with Crippen LogP contribution in [0.3, 0.4) is 0 Å². The standard InChI is InChI=1S/C12H22N2O/c1-12(2,10-13)5-7-14-6-3-4-11(8-14)9-15/h11,15H,3-9H2,1-2H3. The Morgan fingerprint density at radius 1 is 1.53 bits per heavy atom. The van der Waals surface area contributed by atoms with Crippen molar-refractivity contribution in [3.63, 3.8) is 0 Å². The van der Waals surface area contributed by atoms with Crippen molar-refractivity contribution in [1.29, 1.82) is 5.26 Å². The molecule has 1 aliphatic heterocycles. The number of aliphatic hydroxyl groups excluding tert-OH is 1. The predicted molar refractivity (Wildman–Crippen MR) is 60.3 cm³/mol. The zero-order valence-corrected chi connectivity index (χ0v) is 9.87. The fraction of sp³-hybridized carbons (Fsp3) is 0.917. The van der Waals surface area contributed by atoms with E-state index in [4.69, 9.17) is 10.4 Å². The number of likely N-dealkylation sites (tertiary alicyclic amines) is 1. The van der Waals surface area contributed by atoms with Crippen molar-refractivity contribution in [3.05, 3.63) is 0 Å². The summed E-state index contributed by atoms with van der Waals surface area (Å²) in [6, 6.07) is 2.33. The second kappa shape index (κ2) is 5.48. The van der Waals surface area contributed by atoms with E-state index in [1.807, 2.05) is 13.8 Å². The van der Waals surface area contributed by atoms with Gasteiger partial charge in [-0.1, -0.05) is 0 Å². The highest BCUT2D eigenvalue weighted by atomic mass is 16.3. The van der Waals surface area contributed by atoms with Crippen LogP contribution in [0.5, 0.6) is 0 Å². The van der Waals surface area contributed by atoms with E-state index >= 15 is 0 Å². The normalized spacial score (nSPS) is 23.7. The Bertz CT molecular complexity index is 232. The van der Waals surface area contributed by atoms with Gasteiger partial charge >= 0.3 is 0 Å². The monoisotopic (exact) mass is 210 g/mol. The number of aliphatic hydroxyl groups is 1. The highest BCUT2D eigenvalue weighted by Crippen LogP contribution is 2.21. The van der Waals surface area contributed by atoms with Crippen LogP contribution in [0.1, 0.15) is 33.1 Å². The third kappa shape index (κ3) is 4.19. The van der Waals surface area contributed by atoms with Gasteiger partial charge in [0, 0.05) is 13.2 Å². The van der Waals surface area contributed by atoms with E-state index in [0.29, 0.717) is 12.5 Å². The van der Waals surface area contributed by atoms with Gasteiger partial charge in [0.2, 0.25) is 0 Å². The fourth-order valence-electron chi connectivity index (χ4n) is 2.00. The van der Waals surface area contributed by atoms with E-state index < -0.39 is 0 Å². The molecule has 15 heavy (non-hydrogen) atoms. The smallest absolute Gasteiger partial charge is 0.0684 e. The van der Waals surface area contributed by atoms with Crippen LogP contribution in [0.15, 0.2) is 0 Å². The predicted octanol–water partition coefficient (Wildman–Crippen LogP) is 1.63. The summed E-state index contributed by atoms with van der Waals surface area (Å²) in [6.07, 6.45) is 3.24. The lowest BCUT2D eigenvalue weighted by molar-refractivity contribution is 0.114. The summed E-state index contributed by atoms with van der Waals surface area (Å²) >= 11 is 0.